The average molecular weight is 357 g/mol. The fourth-order valence-corrected chi connectivity index (χ4v) is 3.69. The van der Waals surface area contributed by atoms with Gasteiger partial charge in [0.05, 0.1) is 18.0 Å². The second-order valence-corrected chi connectivity index (χ2v) is 7.20. The molecule has 1 aliphatic rings. The maximum atomic E-state index is 12.5. The highest BCUT2D eigenvalue weighted by Gasteiger charge is 2.25. The Morgan fingerprint density at radius 3 is 2.84 bits per heavy atom. The zero-order valence-corrected chi connectivity index (χ0v) is 15.2. The molecule has 2 heterocycles. The van der Waals surface area contributed by atoms with Gasteiger partial charge >= 0.3 is 0 Å². The van der Waals surface area contributed by atoms with Gasteiger partial charge in [0.2, 0.25) is 11.8 Å². The van der Waals surface area contributed by atoms with Crippen LogP contribution in [-0.2, 0) is 10.5 Å². The van der Waals surface area contributed by atoms with Crippen LogP contribution in [0.3, 0.4) is 0 Å². The molecule has 1 aliphatic heterocycles. The van der Waals surface area contributed by atoms with Gasteiger partial charge in [-0.1, -0.05) is 30.3 Å². The van der Waals surface area contributed by atoms with E-state index in [1.807, 2.05) is 42.2 Å². The van der Waals surface area contributed by atoms with Crippen LogP contribution in [0, 0.1) is 6.92 Å². The van der Waals surface area contributed by atoms with Crippen LogP contribution in [0.15, 0.2) is 42.5 Å². The monoisotopic (exact) mass is 357 g/mol. The lowest BCUT2D eigenvalue weighted by molar-refractivity contribution is -0.130. The van der Waals surface area contributed by atoms with Gasteiger partial charge in [-0.05, 0) is 31.4 Å². The van der Waals surface area contributed by atoms with Crippen LogP contribution in [0.4, 0.5) is 0 Å². The van der Waals surface area contributed by atoms with Crippen molar-refractivity contribution in [2.45, 2.75) is 31.6 Å². The number of amides is 1. The van der Waals surface area contributed by atoms with Crippen LogP contribution in [0.2, 0.25) is 0 Å². The molecule has 1 amide bonds. The van der Waals surface area contributed by atoms with Crippen LogP contribution in [0.25, 0.3) is 0 Å². The number of piperidine rings is 1. The lowest BCUT2D eigenvalue weighted by atomic mass is 10.1. The van der Waals surface area contributed by atoms with Crippen molar-refractivity contribution >= 4 is 17.7 Å². The minimum atomic E-state index is -0.00571. The summed E-state index contributed by atoms with van der Waals surface area (Å²) in [6, 6.07) is 13.9. The molecule has 3 rings (SSSR count). The Morgan fingerprint density at radius 1 is 1.24 bits per heavy atom. The third-order valence-corrected chi connectivity index (χ3v) is 5.12. The summed E-state index contributed by atoms with van der Waals surface area (Å²) in [6.45, 7) is 3.33. The summed E-state index contributed by atoms with van der Waals surface area (Å²) in [5, 5.41) is 8.05. The van der Waals surface area contributed by atoms with Crippen molar-refractivity contribution in [2.24, 2.45) is 0 Å². The van der Waals surface area contributed by atoms with Gasteiger partial charge in [-0.25, -0.2) is 0 Å². The van der Waals surface area contributed by atoms with Gasteiger partial charge in [-0.2, -0.15) is 5.10 Å². The minimum Gasteiger partial charge on any atom is -0.471 e. The third kappa shape index (κ3) is 5.46. The number of ether oxygens (including phenoxy) is 1. The number of aryl methyl sites for hydroxylation is 1. The van der Waals surface area contributed by atoms with Crippen LogP contribution in [-0.4, -0.2) is 46.0 Å². The molecular weight excluding hydrogens is 334 g/mol. The summed E-state index contributed by atoms with van der Waals surface area (Å²) < 4.78 is 5.89. The first-order chi connectivity index (χ1) is 12.2. The van der Waals surface area contributed by atoms with Crippen LogP contribution >= 0.6 is 11.8 Å². The molecule has 0 saturated carbocycles. The van der Waals surface area contributed by atoms with Gasteiger partial charge in [0.1, 0.15) is 6.10 Å². The molecule has 0 radical (unpaired) electrons. The average Bonchev–Trinajstić information content (AvgIpc) is 2.65. The SMILES string of the molecule is Cc1ccc(OC2CCCN(C(=O)CSCc3ccccc3)C2)nn1. The van der Waals surface area contributed by atoms with Crippen molar-refractivity contribution in [2.75, 3.05) is 18.8 Å². The summed E-state index contributed by atoms with van der Waals surface area (Å²) in [5.41, 5.74) is 2.11. The number of benzene rings is 1. The molecule has 1 saturated heterocycles. The Hall–Kier alpha value is -2.08. The molecule has 1 atom stereocenters. The molecule has 5 nitrogen and oxygen atoms in total. The molecule has 1 aromatic heterocycles. The van der Waals surface area contributed by atoms with Crippen LogP contribution < -0.4 is 4.74 Å². The molecular formula is C19H23N3O2S. The van der Waals surface area contributed by atoms with Gasteiger partial charge in [0.25, 0.3) is 0 Å². The predicted molar refractivity (Wildman–Crippen MR) is 99.6 cm³/mol. The van der Waals surface area contributed by atoms with Crippen molar-refractivity contribution in [1.29, 1.82) is 0 Å². The van der Waals surface area contributed by atoms with E-state index in [1.165, 1.54) is 5.56 Å². The molecule has 132 valence electrons. The van der Waals surface area contributed by atoms with Crippen LogP contribution in [0.1, 0.15) is 24.1 Å². The summed E-state index contributed by atoms with van der Waals surface area (Å²) >= 11 is 1.66. The summed E-state index contributed by atoms with van der Waals surface area (Å²) in [4.78, 5) is 14.4. The van der Waals surface area contributed by atoms with E-state index >= 15 is 0 Å². The van der Waals surface area contributed by atoms with Crippen LogP contribution in [0.5, 0.6) is 5.88 Å². The molecule has 0 bridgehead atoms. The van der Waals surface area contributed by atoms with Crippen molar-refractivity contribution in [3.8, 4) is 5.88 Å². The smallest absolute Gasteiger partial charge is 0.233 e. The first kappa shape index (κ1) is 17.7. The molecule has 0 N–H and O–H groups in total. The number of carbonyl (C=O) groups is 1. The maximum absolute atomic E-state index is 12.5. The number of rotatable bonds is 6. The summed E-state index contributed by atoms with van der Waals surface area (Å²) in [7, 11) is 0. The second kappa shape index (κ2) is 8.85. The molecule has 2 aromatic rings. The molecule has 6 heteroatoms. The number of hydrogen-bond donors (Lipinski definition) is 0. The standard InChI is InChI=1S/C19H23N3O2S/c1-15-9-10-18(21-20-15)24-17-8-5-11-22(12-17)19(23)14-25-13-16-6-3-2-4-7-16/h2-4,6-7,9-10,17H,5,8,11-14H2,1H3. The zero-order valence-electron chi connectivity index (χ0n) is 14.4. The first-order valence-corrected chi connectivity index (χ1v) is 9.72. The zero-order chi connectivity index (χ0) is 17.5. The molecule has 25 heavy (non-hydrogen) atoms. The van der Waals surface area contributed by atoms with Gasteiger partial charge in [0.15, 0.2) is 0 Å². The van der Waals surface area contributed by atoms with E-state index < -0.39 is 0 Å². The highest BCUT2D eigenvalue weighted by molar-refractivity contribution is 7.99. The number of thioether (sulfide) groups is 1. The molecule has 0 aliphatic carbocycles. The largest absolute Gasteiger partial charge is 0.471 e. The predicted octanol–water partition coefficient (Wildman–Crippen LogP) is 3.09. The van der Waals surface area contributed by atoms with Crippen molar-refractivity contribution in [3.05, 3.63) is 53.7 Å². The minimum absolute atomic E-state index is 0.00571. The Kier molecular flexibility index (Phi) is 6.28. The molecule has 1 aromatic carbocycles. The van der Waals surface area contributed by atoms with Gasteiger partial charge in [-0.15, -0.1) is 16.9 Å². The van der Waals surface area contributed by atoms with E-state index in [0.717, 1.165) is 30.8 Å². The Bertz CT molecular complexity index is 679. The van der Waals surface area contributed by atoms with Crippen molar-refractivity contribution in [3.63, 3.8) is 0 Å². The van der Waals surface area contributed by atoms with E-state index in [-0.39, 0.29) is 12.0 Å². The maximum Gasteiger partial charge on any atom is 0.233 e. The summed E-state index contributed by atoms with van der Waals surface area (Å²) in [5.74, 6) is 2.08. The highest BCUT2D eigenvalue weighted by Crippen LogP contribution is 2.18. The molecule has 1 unspecified atom stereocenters. The van der Waals surface area contributed by atoms with Gasteiger partial charge in [0, 0.05) is 18.4 Å². The quantitative estimate of drug-likeness (QED) is 0.795. The Morgan fingerprint density at radius 2 is 2.08 bits per heavy atom. The second-order valence-electron chi connectivity index (χ2n) is 6.21. The normalized spacial score (nSPS) is 17.3. The van der Waals surface area contributed by atoms with E-state index in [4.69, 9.17) is 4.74 Å². The lowest BCUT2D eigenvalue weighted by Crippen LogP contribution is -2.45. The Labute approximate surface area is 152 Å². The number of hydrogen-bond acceptors (Lipinski definition) is 5. The summed E-state index contributed by atoms with van der Waals surface area (Å²) in [6.07, 6.45) is 1.89. The number of likely N-dealkylation sites (tertiary alicyclic amines) is 1. The van der Waals surface area contributed by atoms with Crippen molar-refractivity contribution < 1.29 is 9.53 Å². The lowest BCUT2D eigenvalue weighted by Gasteiger charge is -2.32. The van der Waals surface area contributed by atoms with Gasteiger partial charge < -0.3 is 9.64 Å². The number of nitrogens with zero attached hydrogens (tertiary/aromatic N) is 3. The number of carbonyl (C=O) groups excluding carboxylic acids is 1. The fraction of sp³-hybridized carbons (Fsp3) is 0.421. The third-order valence-electron chi connectivity index (χ3n) is 4.13. The van der Waals surface area contributed by atoms with E-state index in [0.29, 0.717) is 18.2 Å². The Balaban J connectivity index is 1.45. The topological polar surface area (TPSA) is 55.3 Å². The van der Waals surface area contributed by atoms with E-state index in [9.17, 15) is 4.79 Å². The number of aromatic nitrogens is 2. The first-order valence-electron chi connectivity index (χ1n) is 8.57. The van der Waals surface area contributed by atoms with Gasteiger partial charge in [-0.3, -0.25) is 4.79 Å². The highest BCUT2D eigenvalue weighted by atomic mass is 32.2. The fourth-order valence-electron chi connectivity index (χ4n) is 2.80. The van der Waals surface area contributed by atoms with E-state index in [1.54, 1.807) is 11.8 Å². The van der Waals surface area contributed by atoms with Crippen molar-refractivity contribution in [1.82, 2.24) is 15.1 Å². The van der Waals surface area contributed by atoms with E-state index in [2.05, 4.69) is 22.3 Å². The molecule has 0 spiro atoms. The molecule has 1 fully saturated rings.